The summed E-state index contributed by atoms with van der Waals surface area (Å²) in [5.74, 6) is -0.481. The van der Waals surface area contributed by atoms with Crippen molar-refractivity contribution in [2.75, 3.05) is 32.4 Å². The molecule has 2 heterocycles. The monoisotopic (exact) mass is 351 g/mol. The van der Waals surface area contributed by atoms with Gasteiger partial charge in [0.05, 0.1) is 6.26 Å². The Morgan fingerprint density at radius 3 is 2.29 bits per heavy atom. The zero-order valence-corrected chi connectivity index (χ0v) is 14.0. The van der Waals surface area contributed by atoms with E-state index in [9.17, 15) is 17.6 Å². The lowest BCUT2D eigenvalue weighted by molar-refractivity contribution is 0.0693. The minimum atomic E-state index is -3.22. The molecule has 1 aliphatic heterocycles. The van der Waals surface area contributed by atoms with Gasteiger partial charge in [0.25, 0.3) is 5.91 Å². The predicted molar refractivity (Wildman–Crippen MR) is 88.5 cm³/mol. The molecule has 0 unspecified atom stereocenters. The summed E-state index contributed by atoms with van der Waals surface area (Å²) in [7, 11) is -3.22. The number of H-pyrrole nitrogens is 1. The highest BCUT2D eigenvalue weighted by atomic mass is 32.2. The van der Waals surface area contributed by atoms with Crippen molar-refractivity contribution in [1.29, 1.82) is 0 Å². The molecule has 1 saturated heterocycles. The van der Waals surface area contributed by atoms with Crippen molar-refractivity contribution in [1.82, 2.24) is 14.2 Å². The Bertz CT molecular complexity index is 838. The van der Waals surface area contributed by atoms with Gasteiger partial charge >= 0.3 is 0 Å². The van der Waals surface area contributed by atoms with Gasteiger partial charge in [-0.15, -0.1) is 0 Å². The number of aromatic nitrogens is 1. The molecule has 1 aliphatic rings. The molecule has 24 heavy (non-hydrogen) atoms. The van der Waals surface area contributed by atoms with Crippen molar-refractivity contribution in [2.45, 2.75) is 0 Å². The summed E-state index contributed by atoms with van der Waals surface area (Å²) < 4.78 is 37.4. The standard InChI is InChI=1S/C16H18FN3O3S/c1-24(22,23)20-8-6-19(7-9-20)16(21)15-10-13(11-18-15)12-2-4-14(17)5-3-12/h2-5,10-11,18H,6-9H2,1H3. The third-order valence-electron chi connectivity index (χ3n) is 4.09. The van der Waals surface area contributed by atoms with Crippen LogP contribution in [0.5, 0.6) is 0 Å². The van der Waals surface area contributed by atoms with E-state index in [0.717, 1.165) is 11.1 Å². The molecule has 0 radical (unpaired) electrons. The maximum absolute atomic E-state index is 13.0. The first-order valence-corrected chi connectivity index (χ1v) is 9.38. The van der Waals surface area contributed by atoms with Crippen LogP contribution in [0.3, 0.4) is 0 Å². The molecule has 8 heteroatoms. The fourth-order valence-corrected chi connectivity index (χ4v) is 3.55. The van der Waals surface area contributed by atoms with E-state index in [-0.39, 0.29) is 11.7 Å². The predicted octanol–water partition coefficient (Wildman–Crippen LogP) is 1.54. The number of benzene rings is 1. The largest absolute Gasteiger partial charge is 0.357 e. The lowest BCUT2D eigenvalue weighted by Crippen LogP contribution is -2.50. The van der Waals surface area contributed by atoms with E-state index < -0.39 is 10.0 Å². The van der Waals surface area contributed by atoms with Gasteiger partial charge in [0.15, 0.2) is 0 Å². The number of carbonyl (C=O) groups is 1. The van der Waals surface area contributed by atoms with Crippen LogP contribution in [0, 0.1) is 5.82 Å². The number of rotatable bonds is 3. The van der Waals surface area contributed by atoms with Crippen LogP contribution in [0.25, 0.3) is 11.1 Å². The molecule has 1 aromatic heterocycles. The first kappa shape index (κ1) is 16.7. The molecular formula is C16H18FN3O3S. The highest BCUT2D eigenvalue weighted by molar-refractivity contribution is 7.88. The number of hydrogen-bond donors (Lipinski definition) is 1. The molecule has 3 rings (SSSR count). The number of amides is 1. The third kappa shape index (κ3) is 3.49. The fourth-order valence-electron chi connectivity index (χ4n) is 2.72. The van der Waals surface area contributed by atoms with Crippen molar-refractivity contribution in [3.8, 4) is 11.1 Å². The molecule has 0 atom stereocenters. The summed E-state index contributed by atoms with van der Waals surface area (Å²) in [5.41, 5.74) is 2.05. The van der Waals surface area contributed by atoms with Crippen LogP contribution in [-0.2, 0) is 10.0 Å². The molecule has 2 aromatic rings. The van der Waals surface area contributed by atoms with Crippen molar-refractivity contribution in [3.05, 3.63) is 48.0 Å². The molecule has 1 fully saturated rings. The first-order valence-electron chi connectivity index (χ1n) is 7.53. The number of nitrogens with one attached hydrogen (secondary N) is 1. The van der Waals surface area contributed by atoms with Crippen LogP contribution in [-0.4, -0.2) is 60.9 Å². The van der Waals surface area contributed by atoms with Crippen LogP contribution in [0.1, 0.15) is 10.5 Å². The minimum Gasteiger partial charge on any atom is -0.357 e. The van der Waals surface area contributed by atoms with Crippen molar-refractivity contribution in [3.63, 3.8) is 0 Å². The maximum atomic E-state index is 13.0. The summed E-state index contributed by atoms with van der Waals surface area (Å²) in [6.45, 7) is 1.32. The minimum absolute atomic E-state index is 0.170. The van der Waals surface area contributed by atoms with Gasteiger partial charge in [-0.25, -0.2) is 12.8 Å². The number of hydrogen-bond acceptors (Lipinski definition) is 3. The van der Waals surface area contributed by atoms with Crippen molar-refractivity contribution >= 4 is 15.9 Å². The van der Waals surface area contributed by atoms with Gasteiger partial charge < -0.3 is 9.88 Å². The van der Waals surface area contributed by atoms with Crippen LogP contribution in [0.4, 0.5) is 4.39 Å². The third-order valence-corrected chi connectivity index (χ3v) is 5.39. The molecule has 0 bridgehead atoms. The van der Waals surface area contributed by atoms with E-state index in [0.29, 0.717) is 31.9 Å². The highest BCUT2D eigenvalue weighted by Crippen LogP contribution is 2.21. The number of sulfonamides is 1. The Labute approximate surface area is 139 Å². The first-order chi connectivity index (χ1) is 11.3. The van der Waals surface area contributed by atoms with E-state index in [4.69, 9.17) is 0 Å². The lowest BCUT2D eigenvalue weighted by Gasteiger charge is -2.33. The average Bonchev–Trinajstić information content (AvgIpc) is 3.04. The summed E-state index contributed by atoms with van der Waals surface area (Å²) in [4.78, 5) is 17.1. The number of halogens is 1. The summed E-state index contributed by atoms with van der Waals surface area (Å²) >= 11 is 0. The second-order valence-corrected chi connectivity index (χ2v) is 7.75. The Kier molecular flexibility index (Phi) is 4.42. The number of piperazine rings is 1. The topological polar surface area (TPSA) is 73.5 Å². The second kappa shape index (κ2) is 6.37. The Morgan fingerprint density at radius 2 is 1.71 bits per heavy atom. The lowest BCUT2D eigenvalue weighted by atomic mass is 10.1. The zero-order chi connectivity index (χ0) is 17.3. The molecule has 1 N–H and O–H groups in total. The smallest absolute Gasteiger partial charge is 0.270 e. The van der Waals surface area contributed by atoms with Gasteiger partial charge in [0, 0.05) is 32.4 Å². The molecule has 128 valence electrons. The summed E-state index contributed by atoms with van der Waals surface area (Å²) in [6.07, 6.45) is 2.87. The van der Waals surface area contributed by atoms with Crippen molar-refractivity contribution in [2.24, 2.45) is 0 Å². The highest BCUT2D eigenvalue weighted by Gasteiger charge is 2.27. The van der Waals surface area contributed by atoms with Gasteiger partial charge in [-0.3, -0.25) is 4.79 Å². The van der Waals surface area contributed by atoms with Gasteiger partial charge in [-0.2, -0.15) is 4.31 Å². The quantitative estimate of drug-likeness (QED) is 0.912. The SMILES string of the molecule is CS(=O)(=O)N1CCN(C(=O)c2cc(-c3ccc(F)cc3)c[nH]2)CC1. The van der Waals surface area contributed by atoms with E-state index >= 15 is 0 Å². The van der Waals surface area contributed by atoms with Gasteiger partial charge in [0.1, 0.15) is 11.5 Å². The maximum Gasteiger partial charge on any atom is 0.270 e. The Hall–Kier alpha value is -2.19. The molecular weight excluding hydrogens is 333 g/mol. The molecule has 0 saturated carbocycles. The normalized spacial score (nSPS) is 16.3. The second-order valence-electron chi connectivity index (χ2n) is 5.76. The van der Waals surface area contributed by atoms with Gasteiger partial charge in [-0.1, -0.05) is 12.1 Å². The molecule has 6 nitrogen and oxygen atoms in total. The summed E-state index contributed by atoms with van der Waals surface area (Å²) in [5, 5.41) is 0. The van der Waals surface area contributed by atoms with E-state index in [1.54, 1.807) is 29.3 Å². The van der Waals surface area contributed by atoms with E-state index in [1.165, 1.54) is 22.7 Å². The number of nitrogens with zero attached hydrogens (tertiary/aromatic N) is 2. The Balaban J connectivity index is 1.70. The van der Waals surface area contributed by atoms with Gasteiger partial charge in [-0.05, 0) is 29.3 Å². The Morgan fingerprint density at radius 1 is 1.08 bits per heavy atom. The molecule has 0 aliphatic carbocycles. The summed E-state index contributed by atoms with van der Waals surface area (Å²) in [6, 6.07) is 7.76. The van der Waals surface area contributed by atoms with E-state index in [2.05, 4.69) is 4.98 Å². The van der Waals surface area contributed by atoms with Crippen LogP contribution in [0.2, 0.25) is 0 Å². The van der Waals surface area contributed by atoms with Crippen molar-refractivity contribution < 1.29 is 17.6 Å². The fraction of sp³-hybridized carbons (Fsp3) is 0.312. The number of carbonyl (C=O) groups excluding carboxylic acids is 1. The van der Waals surface area contributed by atoms with Gasteiger partial charge in [0.2, 0.25) is 10.0 Å². The van der Waals surface area contributed by atoms with E-state index in [1.807, 2.05) is 0 Å². The molecule has 1 aromatic carbocycles. The number of aromatic amines is 1. The van der Waals surface area contributed by atoms with Crippen LogP contribution >= 0.6 is 0 Å². The van der Waals surface area contributed by atoms with Crippen LogP contribution in [0.15, 0.2) is 36.5 Å². The molecule has 1 amide bonds. The van der Waals surface area contributed by atoms with Crippen LogP contribution < -0.4 is 0 Å². The average molecular weight is 351 g/mol. The zero-order valence-electron chi connectivity index (χ0n) is 13.2. The molecule has 0 spiro atoms.